The Morgan fingerprint density at radius 3 is 2.14 bits per heavy atom. The van der Waals surface area contributed by atoms with Gasteiger partial charge in [-0.25, -0.2) is 4.79 Å². The zero-order valence-electron chi connectivity index (χ0n) is 12.6. The number of methoxy groups -OCH3 is 2. The van der Waals surface area contributed by atoms with Crippen molar-refractivity contribution in [3.05, 3.63) is 72.3 Å². The molecule has 3 nitrogen and oxygen atoms in total. The molecule has 0 aromatic heterocycles. The zero-order valence-corrected chi connectivity index (χ0v) is 13.4. The molecule has 1 unspecified atom stereocenters. The number of hydrogen-bond donors (Lipinski definition) is 0. The van der Waals surface area contributed by atoms with Gasteiger partial charge in [-0.2, -0.15) is 0 Å². The third kappa shape index (κ3) is 4.48. The minimum atomic E-state index is -0.394. The summed E-state index contributed by atoms with van der Waals surface area (Å²) in [5, 5.41) is 0. The number of hydrogen-bond acceptors (Lipinski definition) is 4. The van der Waals surface area contributed by atoms with Gasteiger partial charge in [-0.3, -0.25) is 0 Å². The summed E-state index contributed by atoms with van der Waals surface area (Å²) in [6.07, 6.45) is 1.49. The molecule has 1 atom stereocenters. The van der Waals surface area contributed by atoms with Crippen molar-refractivity contribution in [1.82, 2.24) is 0 Å². The van der Waals surface area contributed by atoms with Gasteiger partial charge in [-0.15, -0.1) is 0 Å². The second-order valence-electron chi connectivity index (χ2n) is 4.49. The highest BCUT2D eigenvalue weighted by Gasteiger charge is 2.18. The van der Waals surface area contributed by atoms with Crippen molar-refractivity contribution >= 4 is 23.3 Å². The van der Waals surface area contributed by atoms with Gasteiger partial charge in [-0.1, -0.05) is 60.3 Å². The molecular weight excluding hydrogens is 296 g/mol. The Balaban J connectivity index is 2.34. The molecular formula is C18H18O3S. The Bertz CT molecular complexity index is 623. The molecule has 2 aromatic rings. The Hall–Kier alpha value is -2.04. The van der Waals surface area contributed by atoms with Crippen LogP contribution in [-0.2, 0) is 14.3 Å². The van der Waals surface area contributed by atoms with Gasteiger partial charge >= 0.3 is 5.97 Å². The molecule has 0 aliphatic carbocycles. The minimum absolute atomic E-state index is 0.302. The summed E-state index contributed by atoms with van der Waals surface area (Å²) in [7, 11) is 3.00. The number of ether oxygens (including phenoxy) is 2. The van der Waals surface area contributed by atoms with Crippen molar-refractivity contribution in [2.24, 2.45) is 0 Å². The summed E-state index contributed by atoms with van der Waals surface area (Å²) < 4.78 is 10.4. The van der Waals surface area contributed by atoms with Crippen LogP contribution >= 0.6 is 11.8 Å². The van der Waals surface area contributed by atoms with Gasteiger partial charge in [0.05, 0.1) is 7.11 Å². The molecule has 0 aliphatic rings. The van der Waals surface area contributed by atoms with Crippen molar-refractivity contribution < 1.29 is 14.3 Å². The molecule has 0 amide bonds. The second-order valence-corrected chi connectivity index (χ2v) is 5.62. The molecule has 0 N–H and O–H groups in total. The van der Waals surface area contributed by atoms with Crippen molar-refractivity contribution in [2.45, 2.75) is 10.3 Å². The lowest BCUT2D eigenvalue weighted by atomic mass is 10.1. The van der Waals surface area contributed by atoms with Crippen molar-refractivity contribution in [2.75, 3.05) is 14.2 Å². The Morgan fingerprint density at radius 1 is 1.00 bits per heavy atom. The quantitative estimate of drug-likeness (QED) is 0.349. The van der Waals surface area contributed by atoms with Crippen LogP contribution in [0.5, 0.6) is 0 Å². The molecule has 2 rings (SSSR count). The molecule has 0 saturated heterocycles. The molecule has 2 aromatic carbocycles. The molecule has 0 bridgehead atoms. The highest BCUT2D eigenvalue weighted by molar-refractivity contribution is 8.00. The van der Waals surface area contributed by atoms with E-state index in [1.54, 1.807) is 18.9 Å². The summed E-state index contributed by atoms with van der Waals surface area (Å²) in [6.45, 7) is 0. The predicted molar refractivity (Wildman–Crippen MR) is 89.5 cm³/mol. The number of benzene rings is 2. The number of thioether (sulfide) groups is 1. The lowest BCUT2D eigenvalue weighted by Gasteiger charge is -2.19. The first kappa shape index (κ1) is 16.3. The molecule has 0 radical (unpaired) electrons. The smallest absolute Gasteiger partial charge is 0.330 e. The molecule has 4 heteroatoms. The van der Waals surface area contributed by atoms with E-state index in [1.807, 2.05) is 60.7 Å². The van der Waals surface area contributed by atoms with E-state index >= 15 is 0 Å². The topological polar surface area (TPSA) is 35.5 Å². The van der Waals surface area contributed by atoms with E-state index in [4.69, 9.17) is 9.47 Å². The van der Waals surface area contributed by atoms with Gasteiger partial charge in [0.1, 0.15) is 5.44 Å². The number of carbonyl (C=O) groups excluding carboxylic acids is 1. The van der Waals surface area contributed by atoms with E-state index in [9.17, 15) is 4.79 Å². The van der Waals surface area contributed by atoms with E-state index in [2.05, 4.69) is 0 Å². The fourth-order valence-corrected chi connectivity index (χ4v) is 2.95. The number of carbonyl (C=O) groups is 1. The summed E-state index contributed by atoms with van der Waals surface area (Å²) in [5.74, 6) is -0.394. The van der Waals surface area contributed by atoms with Crippen molar-refractivity contribution in [1.29, 1.82) is 0 Å². The van der Waals surface area contributed by atoms with Crippen LogP contribution in [0.15, 0.2) is 71.6 Å². The van der Waals surface area contributed by atoms with Crippen LogP contribution in [0.25, 0.3) is 5.57 Å². The normalized spacial score (nSPS) is 12.7. The van der Waals surface area contributed by atoms with Gasteiger partial charge in [-0.05, 0) is 17.7 Å². The Labute approximate surface area is 135 Å². The van der Waals surface area contributed by atoms with Crippen LogP contribution in [0.2, 0.25) is 0 Å². The highest BCUT2D eigenvalue weighted by atomic mass is 32.2. The SMILES string of the molecule is COC(=O)/C=C(\c1ccccc1)C(OC)Sc1ccccc1. The van der Waals surface area contributed by atoms with E-state index in [-0.39, 0.29) is 5.44 Å². The largest absolute Gasteiger partial charge is 0.466 e. The molecule has 0 fully saturated rings. The van der Waals surface area contributed by atoms with Gasteiger partial charge in [0.25, 0.3) is 0 Å². The van der Waals surface area contributed by atoms with E-state index in [0.717, 1.165) is 16.0 Å². The van der Waals surface area contributed by atoms with E-state index < -0.39 is 5.97 Å². The maximum atomic E-state index is 11.7. The summed E-state index contributed by atoms with van der Waals surface area (Å²) in [4.78, 5) is 12.8. The molecule has 0 heterocycles. The maximum Gasteiger partial charge on any atom is 0.330 e. The van der Waals surface area contributed by atoms with Gasteiger partial charge in [0.2, 0.25) is 0 Å². The fraction of sp³-hybridized carbons (Fsp3) is 0.167. The predicted octanol–water partition coefficient (Wildman–Crippen LogP) is 4.01. The average Bonchev–Trinajstić information content (AvgIpc) is 2.59. The summed E-state index contributed by atoms with van der Waals surface area (Å²) in [5.41, 5.74) is 1.41. The lowest BCUT2D eigenvalue weighted by molar-refractivity contribution is -0.134. The van der Waals surface area contributed by atoms with E-state index in [0.29, 0.717) is 0 Å². The standard InChI is InChI=1S/C18H18O3S/c1-20-17(19)13-16(14-9-5-3-6-10-14)18(21-2)22-15-11-7-4-8-12-15/h3-13,18H,1-2H3/b16-13+. The lowest BCUT2D eigenvalue weighted by Crippen LogP contribution is -2.11. The van der Waals surface area contributed by atoms with Gasteiger partial charge in [0, 0.05) is 23.7 Å². The van der Waals surface area contributed by atoms with Crippen LogP contribution in [0.4, 0.5) is 0 Å². The first-order valence-corrected chi connectivity index (χ1v) is 7.72. The van der Waals surface area contributed by atoms with Crippen LogP contribution in [0.1, 0.15) is 5.56 Å². The van der Waals surface area contributed by atoms with Crippen LogP contribution in [-0.4, -0.2) is 25.6 Å². The second kappa shape index (κ2) is 8.41. The summed E-state index contributed by atoms with van der Waals surface area (Å²) >= 11 is 1.55. The summed E-state index contributed by atoms with van der Waals surface area (Å²) in [6, 6.07) is 19.6. The highest BCUT2D eigenvalue weighted by Crippen LogP contribution is 2.33. The van der Waals surface area contributed by atoms with Crippen LogP contribution < -0.4 is 0 Å². The average molecular weight is 314 g/mol. The van der Waals surface area contributed by atoms with Gasteiger partial charge in [0.15, 0.2) is 0 Å². The number of rotatable bonds is 6. The van der Waals surface area contributed by atoms with Crippen LogP contribution in [0.3, 0.4) is 0 Å². The van der Waals surface area contributed by atoms with Crippen molar-refractivity contribution in [3.8, 4) is 0 Å². The third-order valence-electron chi connectivity index (χ3n) is 3.04. The molecule has 0 saturated carbocycles. The Kier molecular flexibility index (Phi) is 6.25. The monoisotopic (exact) mass is 314 g/mol. The first-order chi connectivity index (χ1) is 10.7. The molecule has 22 heavy (non-hydrogen) atoms. The minimum Gasteiger partial charge on any atom is -0.466 e. The molecule has 0 spiro atoms. The van der Waals surface area contributed by atoms with Gasteiger partial charge < -0.3 is 9.47 Å². The molecule has 0 aliphatic heterocycles. The zero-order chi connectivity index (χ0) is 15.8. The Morgan fingerprint density at radius 2 is 1.59 bits per heavy atom. The third-order valence-corrected chi connectivity index (χ3v) is 4.24. The first-order valence-electron chi connectivity index (χ1n) is 6.84. The van der Waals surface area contributed by atoms with Crippen LogP contribution in [0, 0.1) is 0 Å². The van der Waals surface area contributed by atoms with Crippen molar-refractivity contribution in [3.63, 3.8) is 0 Å². The van der Waals surface area contributed by atoms with E-state index in [1.165, 1.54) is 13.2 Å². The maximum absolute atomic E-state index is 11.7. The molecule has 114 valence electrons. The number of esters is 1. The fourth-order valence-electron chi connectivity index (χ4n) is 1.97.